The van der Waals surface area contributed by atoms with Crippen LogP contribution in [-0.2, 0) is 12.5 Å². The van der Waals surface area contributed by atoms with Gasteiger partial charge in [-0.3, -0.25) is 0 Å². The van der Waals surface area contributed by atoms with E-state index in [2.05, 4.69) is 45.9 Å². The first-order chi connectivity index (χ1) is 10.00. The van der Waals surface area contributed by atoms with E-state index in [0.29, 0.717) is 5.56 Å². The predicted molar refractivity (Wildman–Crippen MR) is 81.2 cm³/mol. The second-order valence-corrected chi connectivity index (χ2v) is 6.19. The third-order valence-corrected chi connectivity index (χ3v) is 3.53. The summed E-state index contributed by atoms with van der Waals surface area (Å²) in [7, 11) is 1.95. The highest BCUT2D eigenvalue weighted by Gasteiger charge is 2.18. The number of aromatic nitrogens is 1. The van der Waals surface area contributed by atoms with E-state index in [1.54, 1.807) is 12.1 Å². The molecule has 1 aromatic carbocycles. The molecule has 1 heteroatoms. The Morgan fingerprint density at radius 3 is 2.47 bits per heavy atom. The first kappa shape index (κ1) is 10.2. The molecular weight excluding hydrogens is 230 g/mol. The van der Waals surface area contributed by atoms with Gasteiger partial charge < -0.3 is 0 Å². The SMILES string of the molecule is [2H]C([2H])([2H])c1cc[n+](C)c(-c2cc(C(C)(C)C)ccc2C)c1. The Kier molecular flexibility index (Phi) is 2.58. The largest absolute Gasteiger partial charge is 0.212 e. The second kappa shape index (κ2) is 4.80. The van der Waals surface area contributed by atoms with Gasteiger partial charge in [-0.05, 0) is 41.9 Å². The molecule has 0 aliphatic heterocycles. The van der Waals surface area contributed by atoms with Crippen molar-refractivity contribution >= 4 is 0 Å². The van der Waals surface area contributed by atoms with E-state index in [-0.39, 0.29) is 5.41 Å². The Hall–Kier alpha value is -1.63. The maximum Gasteiger partial charge on any atom is 0.212 e. The van der Waals surface area contributed by atoms with Crippen molar-refractivity contribution < 1.29 is 8.68 Å². The van der Waals surface area contributed by atoms with E-state index in [9.17, 15) is 0 Å². The Morgan fingerprint density at radius 2 is 1.84 bits per heavy atom. The highest BCUT2D eigenvalue weighted by Crippen LogP contribution is 2.28. The van der Waals surface area contributed by atoms with Gasteiger partial charge in [-0.15, -0.1) is 0 Å². The van der Waals surface area contributed by atoms with Gasteiger partial charge in [0, 0.05) is 21.8 Å². The van der Waals surface area contributed by atoms with Crippen LogP contribution >= 0.6 is 0 Å². The van der Waals surface area contributed by atoms with Crippen molar-refractivity contribution in [1.29, 1.82) is 0 Å². The summed E-state index contributed by atoms with van der Waals surface area (Å²) in [6, 6.07) is 9.87. The highest BCUT2D eigenvalue weighted by atomic mass is 14.9. The lowest BCUT2D eigenvalue weighted by Crippen LogP contribution is -2.30. The molecule has 0 saturated carbocycles. The molecule has 1 heterocycles. The molecular formula is C18H24N+. The predicted octanol–water partition coefficient (Wildman–Crippen LogP) is 4.09. The fraction of sp³-hybridized carbons (Fsp3) is 0.389. The van der Waals surface area contributed by atoms with Crippen molar-refractivity contribution in [2.45, 2.75) is 40.0 Å². The third kappa shape index (κ3) is 2.86. The van der Waals surface area contributed by atoms with E-state index in [1.165, 1.54) is 5.56 Å². The van der Waals surface area contributed by atoms with Crippen LogP contribution in [0, 0.1) is 13.8 Å². The summed E-state index contributed by atoms with van der Waals surface area (Å²) in [6.45, 7) is 6.52. The number of pyridine rings is 1. The van der Waals surface area contributed by atoms with Gasteiger partial charge in [-0.1, -0.05) is 32.9 Å². The number of hydrogen-bond acceptors (Lipinski definition) is 0. The summed E-state index contributed by atoms with van der Waals surface area (Å²) in [5, 5.41) is 0. The van der Waals surface area contributed by atoms with Gasteiger partial charge in [0.25, 0.3) is 0 Å². The van der Waals surface area contributed by atoms with E-state index in [4.69, 9.17) is 4.11 Å². The van der Waals surface area contributed by atoms with Crippen molar-refractivity contribution in [3.8, 4) is 11.3 Å². The van der Waals surface area contributed by atoms with Crippen molar-refractivity contribution in [3.05, 3.63) is 53.2 Å². The molecule has 100 valence electrons. The summed E-state index contributed by atoms with van der Waals surface area (Å²) >= 11 is 0. The molecule has 0 unspecified atom stereocenters. The van der Waals surface area contributed by atoms with Crippen LogP contribution in [0.15, 0.2) is 36.5 Å². The summed E-state index contributed by atoms with van der Waals surface area (Å²) in [4.78, 5) is 0. The lowest BCUT2D eigenvalue weighted by atomic mass is 9.85. The standard InChI is InChI=1S/C18H24N/c1-13-9-10-19(6)17(11-13)16-12-15(18(3,4)5)8-7-14(16)2/h7-12H,1-6H3/q+1/i1D3. The maximum absolute atomic E-state index is 7.62. The zero-order valence-corrected chi connectivity index (χ0v) is 12.4. The molecule has 1 aromatic heterocycles. The quantitative estimate of drug-likeness (QED) is 0.677. The van der Waals surface area contributed by atoms with Gasteiger partial charge in [0.05, 0.1) is 0 Å². The van der Waals surface area contributed by atoms with E-state index < -0.39 is 6.85 Å². The summed E-state index contributed by atoms with van der Waals surface area (Å²) in [5.74, 6) is 0. The Bertz CT molecular complexity index is 633. The number of rotatable bonds is 1. The van der Waals surface area contributed by atoms with Crippen molar-refractivity contribution in [2.75, 3.05) is 0 Å². The van der Waals surface area contributed by atoms with Gasteiger partial charge in [-0.2, -0.15) is 0 Å². The molecule has 0 saturated heterocycles. The first-order valence-electron chi connectivity index (χ1n) is 8.12. The van der Waals surface area contributed by atoms with Crippen LogP contribution in [0.5, 0.6) is 0 Å². The van der Waals surface area contributed by atoms with E-state index in [0.717, 1.165) is 16.8 Å². The molecule has 1 nitrogen and oxygen atoms in total. The molecule has 0 amide bonds. The Balaban J connectivity index is 2.66. The van der Waals surface area contributed by atoms with Crippen LogP contribution in [0.2, 0.25) is 0 Å². The molecule has 19 heavy (non-hydrogen) atoms. The molecule has 0 aliphatic carbocycles. The second-order valence-electron chi connectivity index (χ2n) is 6.19. The van der Waals surface area contributed by atoms with Crippen LogP contribution in [0.1, 0.15) is 41.6 Å². The number of hydrogen-bond donors (Lipinski definition) is 0. The Labute approximate surface area is 121 Å². The summed E-state index contributed by atoms with van der Waals surface area (Å²) < 4.78 is 24.8. The van der Waals surface area contributed by atoms with Gasteiger partial charge in [0.2, 0.25) is 5.69 Å². The molecule has 0 atom stereocenters. The minimum Gasteiger partial charge on any atom is -0.201 e. The number of benzene rings is 1. The minimum absolute atomic E-state index is 0.0582. The van der Waals surface area contributed by atoms with E-state index >= 15 is 0 Å². The highest BCUT2D eigenvalue weighted by molar-refractivity contribution is 5.63. The van der Waals surface area contributed by atoms with Crippen LogP contribution in [-0.4, -0.2) is 0 Å². The summed E-state index contributed by atoms with van der Waals surface area (Å²) in [6.07, 6.45) is 1.82. The maximum atomic E-state index is 7.62. The van der Waals surface area contributed by atoms with Gasteiger partial charge in [0.1, 0.15) is 7.05 Å². The Morgan fingerprint density at radius 1 is 1.11 bits per heavy atom. The lowest BCUT2D eigenvalue weighted by Gasteiger charge is -2.20. The average Bonchev–Trinajstić information content (AvgIpc) is 2.37. The van der Waals surface area contributed by atoms with Gasteiger partial charge >= 0.3 is 0 Å². The van der Waals surface area contributed by atoms with Crippen LogP contribution in [0.4, 0.5) is 0 Å². The monoisotopic (exact) mass is 257 g/mol. The molecule has 0 N–H and O–H groups in total. The topological polar surface area (TPSA) is 3.88 Å². The van der Waals surface area contributed by atoms with Crippen molar-refractivity contribution in [2.24, 2.45) is 7.05 Å². The fourth-order valence-corrected chi connectivity index (χ4v) is 2.20. The van der Waals surface area contributed by atoms with Crippen LogP contribution in [0.25, 0.3) is 11.3 Å². The molecule has 0 fully saturated rings. The molecule has 0 spiro atoms. The minimum atomic E-state index is -2.08. The molecule has 0 aliphatic rings. The van der Waals surface area contributed by atoms with Gasteiger partial charge in [0.15, 0.2) is 6.20 Å². The first-order valence-corrected chi connectivity index (χ1v) is 6.62. The van der Waals surface area contributed by atoms with Crippen molar-refractivity contribution in [1.82, 2.24) is 0 Å². The molecule has 0 bridgehead atoms. The molecule has 0 radical (unpaired) electrons. The van der Waals surface area contributed by atoms with Crippen molar-refractivity contribution in [3.63, 3.8) is 0 Å². The summed E-state index contributed by atoms with van der Waals surface area (Å²) in [5.41, 5.74) is 4.83. The zero-order valence-electron chi connectivity index (χ0n) is 15.4. The lowest BCUT2D eigenvalue weighted by molar-refractivity contribution is -0.660. The number of nitrogens with zero attached hydrogens (tertiary/aromatic N) is 1. The normalized spacial score (nSPS) is 14.7. The molecule has 2 aromatic rings. The van der Waals surface area contributed by atoms with Crippen LogP contribution in [0.3, 0.4) is 0 Å². The average molecular weight is 257 g/mol. The third-order valence-electron chi connectivity index (χ3n) is 3.53. The molecule has 2 rings (SSSR count). The fourth-order valence-electron chi connectivity index (χ4n) is 2.20. The van der Waals surface area contributed by atoms with E-state index in [1.807, 2.05) is 17.8 Å². The number of aryl methyl sites for hydroxylation is 3. The van der Waals surface area contributed by atoms with Crippen LogP contribution < -0.4 is 4.57 Å². The van der Waals surface area contributed by atoms with Gasteiger partial charge in [-0.25, -0.2) is 4.57 Å². The smallest absolute Gasteiger partial charge is 0.201 e. The zero-order chi connectivity index (χ0) is 16.7.